The fraction of sp³-hybridized carbons (Fsp3) is 0.158. The molecule has 0 radical (unpaired) electrons. The lowest BCUT2D eigenvalue weighted by Crippen LogP contribution is -2.39. The van der Waals surface area contributed by atoms with E-state index in [9.17, 15) is 28.5 Å². The minimum atomic E-state index is -1.32. The maximum absolute atomic E-state index is 13.6. The molecule has 1 heterocycles. The van der Waals surface area contributed by atoms with Gasteiger partial charge in [-0.05, 0) is 30.7 Å². The zero-order valence-corrected chi connectivity index (χ0v) is 16.3. The number of nitro groups is 1. The first-order chi connectivity index (χ1) is 14.7. The quantitative estimate of drug-likeness (QED) is 0.454. The smallest absolute Gasteiger partial charge is 0.274 e. The molecule has 0 fully saturated rings. The summed E-state index contributed by atoms with van der Waals surface area (Å²) in [6.45, 7) is 1.51. The number of hydrogen-bond acceptors (Lipinski definition) is 6. The summed E-state index contributed by atoms with van der Waals surface area (Å²) < 4.78 is 28.1. The number of halogens is 2. The Morgan fingerprint density at radius 3 is 2.55 bits per heavy atom. The number of aromatic nitrogens is 3. The van der Waals surface area contributed by atoms with Crippen LogP contribution in [-0.4, -0.2) is 38.8 Å². The highest BCUT2D eigenvalue weighted by molar-refractivity contribution is 5.97. The molecule has 0 aliphatic heterocycles. The average Bonchev–Trinajstić information content (AvgIpc) is 3.14. The molecule has 0 spiro atoms. The number of amides is 2. The standard InChI is InChI=1S/C19H16F2N6O4/c1-10-16(24-25-26(10)12-4-3-5-13(9-12)27(30)31)19(29)23-17(18(28)22-2)11-6-7-14(20)15(21)8-11/h3-9,17H,1-2H3,(H,22,28)(H,23,29). The van der Waals surface area contributed by atoms with E-state index < -0.39 is 34.4 Å². The number of likely N-dealkylation sites (N-methyl/N-ethyl adjacent to an activating group) is 1. The highest BCUT2D eigenvalue weighted by Gasteiger charge is 2.26. The fourth-order valence-electron chi connectivity index (χ4n) is 2.86. The molecule has 10 nitrogen and oxygen atoms in total. The van der Waals surface area contributed by atoms with Crippen LogP contribution in [-0.2, 0) is 4.79 Å². The van der Waals surface area contributed by atoms with Gasteiger partial charge in [0.2, 0.25) is 5.91 Å². The van der Waals surface area contributed by atoms with E-state index in [-0.39, 0.29) is 22.6 Å². The third-order valence-corrected chi connectivity index (χ3v) is 4.46. The van der Waals surface area contributed by atoms with Crippen LogP contribution in [0.3, 0.4) is 0 Å². The molecule has 0 aliphatic rings. The van der Waals surface area contributed by atoms with E-state index in [0.29, 0.717) is 5.69 Å². The molecule has 3 aromatic rings. The molecule has 1 aromatic heterocycles. The van der Waals surface area contributed by atoms with Crippen molar-refractivity contribution >= 4 is 17.5 Å². The third-order valence-electron chi connectivity index (χ3n) is 4.46. The lowest BCUT2D eigenvalue weighted by atomic mass is 10.1. The SMILES string of the molecule is CNC(=O)C(NC(=O)c1nnn(-c2cccc([N+](=O)[O-])c2)c1C)c1ccc(F)c(F)c1. The summed E-state index contributed by atoms with van der Waals surface area (Å²) >= 11 is 0. The molecule has 0 saturated carbocycles. The number of benzene rings is 2. The van der Waals surface area contributed by atoms with Gasteiger partial charge in [0.15, 0.2) is 17.3 Å². The van der Waals surface area contributed by atoms with Crippen LogP contribution in [0.2, 0.25) is 0 Å². The van der Waals surface area contributed by atoms with Crippen molar-refractivity contribution < 1.29 is 23.3 Å². The second-order valence-electron chi connectivity index (χ2n) is 6.41. The maximum atomic E-state index is 13.6. The Bertz CT molecular complexity index is 1180. The molecule has 0 saturated heterocycles. The van der Waals surface area contributed by atoms with E-state index in [1.165, 1.54) is 42.9 Å². The third kappa shape index (κ3) is 4.37. The lowest BCUT2D eigenvalue weighted by Gasteiger charge is -2.17. The molecule has 3 rings (SSSR count). The number of nitrogens with one attached hydrogen (secondary N) is 2. The Hall–Kier alpha value is -4.22. The van der Waals surface area contributed by atoms with Crippen molar-refractivity contribution in [1.82, 2.24) is 25.6 Å². The summed E-state index contributed by atoms with van der Waals surface area (Å²) in [4.78, 5) is 35.4. The molecular weight excluding hydrogens is 414 g/mol. The van der Waals surface area contributed by atoms with E-state index in [1.54, 1.807) is 6.07 Å². The summed E-state index contributed by atoms with van der Waals surface area (Å²) in [7, 11) is 1.32. The van der Waals surface area contributed by atoms with Crippen LogP contribution in [0, 0.1) is 28.7 Å². The monoisotopic (exact) mass is 430 g/mol. The maximum Gasteiger partial charge on any atom is 0.274 e. The molecule has 1 atom stereocenters. The van der Waals surface area contributed by atoms with Crippen LogP contribution < -0.4 is 10.6 Å². The van der Waals surface area contributed by atoms with Gasteiger partial charge in [0.25, 0.3) is 11.6 Å². The van der Waals surface area contributed by atoms with Gasteiger partial charge in [-0.2, -0.15) is 0 Å². The molecule has 12 heteroatoms. The molecule has 0 aliphatic carbocycles. The second-order valence-corrected chi connectivity index (χ2v) is 6.41. The van der Waals surface area contributed by atoms with Crippen LogP contribution in [0.1, 0.15) is 27.8 Å². The molecule has 31 heavy (non-hydrogen) atoms. The van der Waals surface area contributed by atoms with Gasteiger partial charge in [-0.1, -0.05) is 17.3 Å². The van der Waals surface area contributed by atoms with Gasteiger partial charge in [-0.3, -0.25) is 19.7 Å². The van der Waals surface area contributed by atoms with Crippen molar-refractivity contribution in [2.75, 3.05) is 7.05 Å². The van der Waals surface area contributed by atoms with Crippen molar-refractivity contribution in [2.24, 2.45) is 0 Å². The Morgan fingerprint density at radius 2 is 1.90 bits per heavy atom. The number of nitro benzene ring substituents is 1. The van der Waals surface area contributed by atoms with Crippen molar-refractivity contribution in [3.8, 4) is 5.69 Å². The molecule has 1 unspecified atom stereocenters. The highest BCUT2D eigenvalue weighted by Crippen LogP contribution is 2.20. The topological polar surface area (TPSA) is 132 Å². The second kappa shape index (κ2) is 8.65. The summed E-state index contributed by atoms with van der Waals surface area (Å²) in [5.74, 6) is -3.73. The van der Waals surface area contributed by atoms with Crippen LogP contribution in [0.4, 0.5) is 14.5 Å². The van der Waals surface area contributed by atoms with Crippen LogP contribution in [0.15, 0.2) is 42.5 Å². The Morgan fingerprint density at radius 1 is 1.16 bits per heavy atom. The Balaban J connectivity index is 1.91. The van der Waals surface area contributed by atoms with Crippen LogP contribution in [0.5, 0.6) is 0 Å². The molecule has 2 amide bonds. The molecule has 0 bridgehead atoms. The first kappa shape index (κ1) is 21.5. The number of nitrogens with zero attached hydrogens (tertiary/aromatic N) is 4. The first-order valence-corrected chi connectivity index (χ1v) is 8.87. The normalized spacial score (nSPS) is 11.6. The minimum absolute atomic E-state index is 0.0235. The number of rotatable bonds is 6. The van der Waals surface area contributed by atoms with Crippen molar-refractivity contribution in [2.45, 2.75) is 13.0 Å². The minimum Gasteiger partial charge on any atom is -0.357 e. The zero-order valence-electron chi connectivity index (χ0n) is 16.3. The average molecular weight is 430 g/mol. The van der Waals surface area contributed by atoms with Crippen molar-refractivity contribution in [1.29, 1.82) is 0 Å². The predicted molar refractivity (Wildman–Crippen MR) is 103 cm³/mol. The fourth-order valence-corrected chi connectivity index (χ4v) is 2.86. The molecule has 2 aromatic carbocycles. The molecule has 160 valence electrons. The predicted octanol–water partition coefficient (Wildman–Crippen LogP) is 1.98. The largest absolute Gasteiger partial charge is 0.357 e. The van der Waals surface area contributed by atoms with Gasteiger partial charge in [0, 0.05) is 19.2 Å². The molecule has 2 N–H and O–H groups in total. The van der Waals surface area contributed by atoms with E-state index in [1.807, 2.05) is 0 Å². The Kier molecular flexibility index (Phi) is 6.00. The van der Waals surface area contributed by atoms with Gasteiger partial charge in [-0.25, -0.2) is 13.5 Å². The van der Waals surface area contributed by atoms with E-state index in [0.717, 1.165) is 12.1 Å². The highest BCUT2D eigenvalue weighted by atomic mass is 19.2. The van der Waals surface area contributed by atoms with Crippen molar-refractivity contribution in [3.05, 3.63) is 81.2 Å². The van der Waals surface area contributed by atoms with Gasteiger partial charge < -0.3 is 10.6 Å². The van der Waals surface area contributed by atoms with Gasteiger partial charge in [0.1, 0.15) is 6.04 Å². The summed E-state index contributed by atoms with van der Waals surface area (Å²) in [5.41, 5.74) is 0.260. The number of hydrogen-bond donors (Lipinski definition) is 2. The van der Waals surface area contributed by atoms with Gasteiger partial charge >= 0.3 is 0 Å². The zero-order chi connectivity index (χ0) is 22.7. The number of carbonyl (C=O) groups is 2. The van der Waals surface area contributed by atoms with Gasteiger partial charge in [-0.15, -0.1) is 5.10 Å². The lowest BCUT2D eigenvalue weighted by molar-refractivity contribution is -0.384. The van der Waals surface area contributed by atoms with E-state index in [4.69, 9.17) is 0 Å². The number of carbonyl (C=O) groups excluding carboxylic acids is 2. The van der Waals surface area contributed by atoms with E-state index >= 15 is 0 Å². The van der Waals surface area contributed by atoms with Gasteiger partial charge in [0.05, 0.1) is 16.3 Å². The van der Waals surface area contributed by atoms with Crippen molar-refractivity contribution in [3.63, 3.8) is 0 Å². The summed E-state index contributed by atoms with van der Waals surface area (Å²) in [6.07, 6.45) is 0. The summed E-state index contributed by atoms with van der Waals surface area (Å²) in [6, 6.07) is 7.07. The van der Waals surface area contributed by atoms with Crippen LogP contribution >= 0.6 is 0 Å². The molecular formula is C19H16F2N6O4. The van der Waals surface area contributed by atoms with E-state index in [2.05, 4.69) is 20.9 Å². The first-order valence-electron chi connectivity index (χ1n) is 8.87. The summed E-state index contributed by atoms with van der Waals surface area (Å²) in [5, 5.41) is 23.4. The Labute approximate surface area is 174 Å². The van der Waals surface area contributed by atoms with Crippen LogP contribution in [0.25, 0.3) is 5.69 Å². The number of non-ortho nitro benzene ring substituents is 1.